The zero-order valence-corrected chi connectivity index (χ0v) is 9.31. The summed E-state index contributed by atoms with van der Waals surface area (Å²) in [5.74, 6) is 1.30. The maximum Gasteiger partial charge on any atom is 0.303 e. The number of carbonyl (C=O) groups excluding carboxylic acids is 1. The first-order chi connectivity index (χ1) is 5.50. The summed E-state index contributed by atoms with van der Waals surface area (Å²) in [7, 11) is -0.182. The Bertz CT molecular complexity index is 215. The van der Waals surface area contributed by atoms with Crippen LogP contribution in [-0.2, 0) is 15.5 Å². The highest BCUT2D eigenvalue weighted by Gasteiger charge is 2.30. The van der Waals surface area contributed by atoms with Crippen LogP contribution in [0.4, 0.5) is 0 Å². The summed E-state index contributed by atoms with van der Waals surface area (Å²) in [5.41, 5.74) is 0. The second kappa shape index (κ2) is 4.27. The Kier molecular flexibility index (Phi) is 3.83. The standard InChI is InChI=1S/C6H8Cl3NOS/c7-6(8,9)5(11)10-12-3-1-2-4-12/h1-4H2. The van der Waals surface area contributed by atoms with Crippen LogP contribution in [0, 0.1) is 0 Å². The predicted molar refractivity (Wildman–Crippen MR) is 54.1 cm³/mol. The Morgan fingerprint density at radius 3 is 2.17 bits per heavy atom. The first-order valence-corrected chi connectivity index (χ1v) is 6.16. The molecule has 0 aromatic heterocycles. The van der Waals surface area contributed by atoms with Crippen LogP contribution < -0.4 is 0 Å². The molecule has 1 aliphatic heterocycles. The first kappa shape index (κ1) is 10.8. The fraction of sp³-hybridized carbons (Fsp3) is 0.833. The Morgan fingerprint density at radius 1 is 1.25 bits per heavy atom. The quantitative estimate of drug-likeness (QED) is 0.606. The van der Waals surface area contributed by atoms with E-state index in [0.717, 1.165) is 24.3 Å². The molecule has 1 amide bonds. The molecule has 1 heterocycles. The van der Waals surface area contributed by atoms with Crippen molar-refractivity contribution in [2.24, 2.45) is 4.36 Å². The monoisotopic (exact) mass is 247 g/mol. The van der Waals surface area contributed by atoms with Crippen molar-refractivity contribution in [1.29, 1.82) is 0 Å². The van der Waals surface area contributed by atoms with E-state index in [2.05, 4.69) is 4.36 Å². The molecule has 0 aromatic carbocycles. The lowest BCUT2D eigenvalue weighted by molar-refractivity contribution is -0.116. The topological polar surface area (TPSA) is 29.4 Å². The lowest BCUT2D eigenvalue weighted by Gasteiger charge is -2.05. The Morgan fingerprint density at radius 2 is 1.75 bits per heavy atom. The van der Waals surface area contributed by atoms with E-state index < -0.39 is 9.70 Å². The molecule has 0 aromatic rings. The number of carbonyl (C=O) groups is 1. The molecule has 0 aliphatic carbocycles. The van der Waals surface area contributed by atoms with E-state index in [9.17, 15) is 4.79 Å². The number of hydrogen-bond acceptors (Lipinski definition) is 1. The van der Waals surface area contributed by atoms with Crippen LogP contribution in [0.15, 0.2) is 4.36 Å². The zero-order valence-electron chi connectivity index (χ0n) is 6.23. The predicted octanol–water partition coefficient (Wildman–Crippen LogP) is 2.48. The van der Waals surface area contributed by atoms with Crippen LogP contribution in [0.2, 0.25) is 0 Å². The molecule has 6 heteroatoms. The molecule has 0 saturated carbocycles. The highest BCUT2D eigenvalue weighted by molar-refractivity contribution is 7.87. The minimum atomic E-state index is -1.87. The molecule has 1 saturated heterocycles. The van der Waals surface area contributed by atoms with Crippen LogP contribution in [0.1, 0.15) is 12.8 Å². The molecule has 0 N–H and O–H groups in total. The molecule has 1 fully saturated rings. The van der Waals surface area contributed by atoms with Gasteiger partial charge in [0.15, 0.2) is 0 Å². The number of hydrogen-bond donors (Lipinski definition) is 0. The zero-order chi connectivity index (χ0) is 9.19. The van der Waals surface area contributed by atoms with Crippen LogP contribution in [0.5, 0.6) is 0 Å². The molecule has 2 nitrogen and oxygen atoms in total. The summed E-state index contributed by atoms with van der Waals surface area (Å²) in [5, 5.41) is 0. The van der Waals surface area contributed by atoms with Gasteiger partial charge in [0.25, 0.3) is 3.79 Å². The molecule has 1 rings (SSSR count). The highest BCUT2D eigenvalue weighted by atomic mass is 35.6. The van der Waals surface area contributed by atoms with E-state index in [1.165, 1.54) is 0 Å². The summed E-state index contributed by atoms with van der Waals surface area (Å²) >= 11 is 16.1. The Balaban J connectivity index is 2.60. The largest absolute Gasteiger partial charge is 0.303 e. The molecule has 0 radical (unpaired) electrons. The maximum absolute atomic E-state index is 11.1. The lowest BCUT2D eigenvalue weighted by Crippen LogP contribution is -2.17. The third-order valence-electron chi connectivity index (χ3n) is 1.46. The van der Waals surface area contributed by atoms with E-state index in [1.54, 1.807) is 0 Å². The fourth-order valence-electron chi connectivity index (χ4n) is 0.900. The van der Waals surface area contributed by atoms with Gasteiger partial charge in [-0.05, 0) is 12.8 Å². The molecule has 70 valence electrons. The first-order valence-electron chi connectivity index (χ1n) is 3.50. The van der Waals surface area contributed by atoms with Gasteiger partial charge < -0.3 is 0 Å². The van der Waals surface area contributed by atoms with Crippen molar-refractivity contribution >= 4 is 51.4 Å². The van der Waals surface area contributed by atoms with Gasteiger partial charge >= 0.3 is 5.91 Å². The van der Waals surface area contributed by atoms with Gasteiger partial charge in [0.05, 0.1) is 0 Å². The van der Waals surface area contributed by atoms with Crippen molar-refractivity contribution in [1.82, 2.24) is 0 Å². The number of rotatable bonds is 0. The van der Waals surface area contributed by atoms with Crippen LogP contribution in [0.3, 0.4) is 0 Å². The molecule has 0 spiro atoms. The van der Waals surface area contributed by atoms with E-state index in [1.807, 2.05) is 0 Å². The summed E-state index contributed by atoms with van der Waals surface area (Å²) in [6, 6.07) is 0. The minimum absolute atomic E-state index is 0.182. The highest BCUT2D eigenvalue weighted by Crippen LogP contribution is 2.28. The second-order valence-corrected chi connectivity index (χ2v) is 6.68. The Labute approximate surface area is 88.7 Å². The average molecular weight is 249 g/mol. The van der Waals surface area contributed by atoms with Gasteiger partial charge in [-0.1, -0.05) is 45.5 Å². The number of halogens is 3. The fourth-order valence-corrected chi connectivity index (χ4v) is 3.01. The molecule has 0 bridgehead atoms. The van der Waals surface area contributed by atoms with Crippen molar-refractivity contribution in [3.05, 3.63) is 0 Å². The van der Waals surface area contributed by atoms with E-state index >= 15 is 0 Å². The minimum Gasteiger partial charge on any atom is -0.267 e. The van der Waals surface area contributed by atoms with Crippen LogP contribution in [-0.4, -0.2) is 21.2 Å². The van der Waals surface area contributed by atoms with Crippen molar-refractivity contribution in [2.45, 2.75) is 16.6 Å². The van der Waals surface area contributed by atoms with Crippen molar-refractivity contribution in [3.8, 4) is 0 Å². The third kappa shape index (κ3) is 3.21. The average Bonchev–Trinajstić information content (AvgIpc) is 2.37. The number of nitrogens with zero attached hydrogens (tertiary/aromatic N) is 1. The summed E-state index contributed by atoms with van der Waals surface area (Å²) in [4.78, 5) is 11.1. The molecule has 0 atom stereocenters. The molecule has 12 heavy (non-hydrogen) atoms. The van der Waals surface area contributed by atoms with Gasteiger partial charge in [-0.3, -0.25) is 4.79 Å². The van der Waals surface area contributed by atoms with Crippen molar-refractivity contribution in [2.75, 3.05) is 11.5 Å². The third-order valence-corrected chi connectivity index (χ3v) is 3.89. The lowest BCUT2D eigenvalue weighted by atomic mass is 10.4. The van der Waals surface area contributed by atoms with Gasteiger partial charge in [-0.15, -0.1) is 0 Å². The SMILES string of the molecule is O=C(N=S1CCCC1)C(Cl)(Cl)Cl. The number of amides is 1. The van der Waals surface area contributed by atoms with Crippen molar-refractivity contribution in [3.63, 3.8) is 0 Å². The normalized spacial score (nSPS) is 19.6. The van der Waals surface area contributed by atoms with Gasteiger partial charge in [0.2, 0.25) is 0 Å². The molecular formula is C6H8Cl3NOS. The van der Waals surface area contributed by atoms with Gasteiger partial charge in [0.1, 0.15) is 0 Å². The van der Waals surface area contributed by atoms with Crippen LogP contribution >= 0.6 is 34.8 Å². The van der Waals surface area contributed by atoms with Gasteiger partial charge in [-0.2, -0.15) is 4.36 Å². The second-order valence-electron chi connectivity index (χ2n) is 2.47. The van der Waals surface area contributed by atoms with Crippen molar-refractivity contribution < 1.29 is 4.79 Å². The maximum atomic E-state index is 11.1. The molecular weight excluding hydrogens is 240 g/mol. The smallest absolute Gasteiger partial charge is 0.267 e. The Hall–Kier alpha value is 0.690. The van der Waals surface area contributed by atoms with Crippen LogP contribution in [0.25, 0.3) is 0 Å². The summed E-state index contributed by atoms with van der Waals surface area (Å²) in [6.45, 7) is 0. The summed E-state index contributed by atoms with van der Waals surface area (Å²) < 4.78 is 1.97. The van der Waals surface area contributed by atoms with Gasteiger partial charge in [0, 0.05) is 11.5 Å². The molecule has 0 unspecified atom stereocenters. The van der Waals surface area contributed by atoms with E-state index in [-0.39, 0.29) is 10.7 Å². The van der Waals surface area contributed by atoms with Gasteiger partial charge in [-0.25, -0.2) is 0 Å². The van der Waals surface area contributed by atoms with E-state index in [0.29, 0.717) is 0 Å². The summed E-state index contributed by atoms with van der Waals surface area (Å²) in [6.07, 6.45) is 2.25. The number of alkyl halides is 3. The van der Waals surface area contributed by atoms with E-state index in [4.69, 9.17) is 34.8 Å². The molecule has 1 aliphatic rings.